The molecule has 4 aliphatic rings. The lowest BCUT2D eigenvalue weighted by Crippen LogP contribution is -2.57. The van der Waals surface area contributed by atoms with Crippen LogP contribution in [0.25, 0.3) is 0 Å². The first-order valence-corrected chi connectivity index (χ1v) is 12.8. The predicted molar refractivity (Wildman–Crippen MR) is 128 cm³/mol. The molecule has 4 fully saturated rings. The van der Waals surface area contributed by atoms with Crippen LogP contribution < -0.4 is 16.6 Å². The van der Waals surface area contributed by atoms with Gasteiger partial charge in [0.05, 0.1) is 17.9 Å². The number of nitrogens with zero attached hydrogens (tertiary/aromatic N) is 1. The van der Waals surface area contributed by atoms with Crippen molar-refractivity contribution in [3.63, 3.8) is 0 Å². The highest BCUT2D eigenvalue weighted by atomic mass is 19.1. The number of ketones is 1. The van der Waals surface area contributed by atoms with Gasteiger partial charge < -0.3 is 10.7 Å². The van der Waals surface area contributed by atoms with Gasteiger partial charge in [-0.3, -0.25) is 4.79 Å². The van der Waals surface area contributed by atoms with E-state index >= 15 is 4.39 Å². The number of hydrazine groups is 1. The van der Waals surface area contributed by atoms with E-state index in [0.717, 1.165) is 57.8 Å². The van der Waals surface area contributed by atoms with E-state index in [0.29, 0.717) is 29.1 Å². The molecule has 0 aromatic heterocycles. The summed E-state index contributed by atoms with van der Waals surface area (Å²) in [4.78, 5) is 13.5. The Balaban J connectivity index is 1.32. The molecule has 4 nitrogen and oxygen atoms in total. The molecule has 4 saturated carbocycles. The number of hydrogen-bond donors (Lipinski definition) is 2. The SMILES string of the molecule is CC1CCC2(F)C(CCC3C4CCC(C(=O)CN(N)c5ccccc5N)C4(C)CCC32)C1. The third-order valence-electron chi connectivity index (χ3n) is 10.2. The number of alkyl halides is 1. The zero-order chi connectivity index (χ0) is 22.7. The number of nitrogen functional groups attached to an aromatic ring is 1. The van der Waals surface area contributed by atoms with Crippen LogP contribution in [0.15, 0.2) is 24.3 Å². The quantitative estimate of drug-likeness (QED) is 0.367. The monoisotopic (exact) mass is 441 g/mol. The van der Waals surface area contributed by atoms with Gasteiger partial charge in [0.1, 0.15) is 5.67 Å². The van der Waals surface area contributed by atoms with Crippen molar-refractivity contribution >= 4 is 17.2 Å². The number of benzene rings is 1. The molecule has 5 rings (SSSR count). The zero-order valence-electron chi connectivity index (χ0n) is 19.7. The Morgan fingerprint density at radius 1 is 1.09 bits per heavy atom. The Bertz CT molecular complexity index is 876. The van der Waals surface area contributed by atoms with Crippen LogP contribution in [0.2, 0.25) is 0 Å². The van der Waals surface area contributed by atoms with Crippen molar-refractivity contribution in [2.45, 2.75) is 77.3 Å². The molecule has 0 saturated heterocycles. The molecule has 32 heavy (non-hydrogen) atoms. The van der Waals surface area contributed by atoms with Crippen LogP contribution in [0.3, 0.4) is 0 Å². The van der Waals surface area contributed by atoms with Gasteiger partial charge in [-0.2, -0.15) is 0 Å². The van der Waals surface area contributed by atoms with Gasteiger partial charge in [-0.15, -0.1) is 0 Å². The van der Waals surface area contributed by atoms with E-state index < -0.39 is 5.67 Å². The standard InChI is InChI=1S/C27H40FN3O/c1-17-11-14-27(28)18(15-17)7-8-19-20-9-10-22(26(20,2)13-12-21(19)27)25(32)16-31(30)24-6-4-3-5-23(24)29/h3-6,17-22H,7-16,29-30H2,1-2H3. The first kappa shape index (κ1) is 22.2. The van der Waals surface area contributed by atoms with Crippen LogP contribution in [0, 0.1) is 40.9 Å². The average molecular weight is 442 g/mol. The summed E-state index contributed by atoms with van der Waals surface area (Å²) in [6, 6.07) is 7.43. The number of nitrogens with two attached hydrogens (primary N) is 2. The van der Waals surface area contributed by atoms with Crippen LogP contribution in [0.1, 0.15) is 71.6 Å². The highest BCUT2D eigenvalue weighted by Crippen LogP contribution is 2.66. The summed E-state index contributed by atoms with van der Waals surface area (Å²) < 4.78 is 16.5. The first-order chi connectivity index (χ1) is 15.2. The van der Waals surface area contributed by atoms with E-state index in [1.165, 1.54) is 5.01 Å². The minimum Gasteiger partial charge on any atom is -0.397 e. The second-order valence-corrected chi connectivity index (χ2v) is 11.8. The van der Waals surface area contributed by atoms with Crippen LogP contribution in [0.4, 0.5) is 15.8 Å². The minimum atomic E-state index is -0.961. The van der Waals surface area contributed by atoms with E-state index in [4.69, 9.17) is 11.6 Å². The van der Waals surface area contributed by atoms with Crippen LogP contribution in [-0.4, -0.2) is 18.0 Å². The molecule has 0 radical (unpaired) electrons. The molecule has 176 valence electrons. The maximum Gasteiger partial charge on any atom is 0.157 e. The van der Waals surface area contributed by atoms with Gasteiger partial charge in [0.25, 0.3) is 0 Å². The van der Waals surface area contributed by atoms with Crippen molar-refractivity contribution in [1.29, 1.82) is 0 Å². The minimum absolute atomic E-state index is 0.0177. The highest BCUT2D eigenvalue weighted by Gasteiger charge is 2.62. The number of halogens is 1. The van der Waals surface area contributed by atoms with E-state index in [2.05, 4.69) is 13.8 Å². The Morgan fingerprint density at radius 3 is 2.66 bits per heavy atom. The molecular formula is C27H40FN3O. The summed E-state index contributed by atoms with van der Waals surface area (Å²) in [6.07, 6.45) is 8.94. The summed E-state index contributed by atoms with van der Waals surface area (Å²) in [5.74, 6) is 8.55. The molecular weight excluding hydrogens is 401 g/mol. The molecule has 1 aromatic rings. The fourth-order valence-corrected chi connectivity index (χ4v) is 8.64. The van der Waals surface area contributed by atoms with Crippen LogP contribution in [0.5, 0.6) is 0 Å². The number of carbonyl (C=O) groups excluding carboxylic acids is 1. The Hall–Kier alpha value is -1.62. The highest BCUT2D eigenvalue weighted by molar-refractivity contribution is 5.87. The lowest BCUT2D eigenvalue weighted by atomic mass is 9.48. The number of Topliss-reactive ketones (excluding diaryl/α,β-unsaturated/α-hetero) is 1. The maximum atomic E-state index is 16.5. The van der Waals surface area contributed by atoms with Gasteiger partial charge in [0.2, 0.25) is 0 Å². The zero-order valence-corrected chi connectivity index (χ0v) is 19.7. The fourth-order valence-electron chi connectivity index (χ4n) is 8.64. The number of para-hydroxylation sites is 2. The van der Waals surface area contributed by atoms with Gasteiger partial charge in [0.15, 0.2) is 5.78 Å². The van der Waals surface area contributed by atoms with Gasteiger partial charge in [-0.1, -0.05) is 26.0 Å². The Labute approximate surface area is 192 Å². The van der Waals surface area contributed by atoms with Gasteiger partial charge in [-0.25, -0.2) is 10.2 Å². The smallest absolute Gasteiger partial charge is 0.157 e. The van der Waals surface area contributed by atoms with Crippen LogP contribution in [-0.2, 0) is 4.79 Å². The predicted octanol–water partition coefficient (Wildman–Crippen LogP) is 5.52. The molecule has 4 aliphatic carbocycles. The number of fused-ring (bicyclic) bond motifs is 5. The normalized spacial score (nSPS) is 43.1. The number of rotatable bonds is 4. The molecule has 1 aromatic carbocycles. The van der Waals surface area contributed by atoms with Gasteiger partial charge in [0, 0.05) is 5.92 Å². The molecule has 0 spiro atoms. The third kappa shape index (κ3) is 3.38. The molecule has 5 heteroatoms. The average Bonchev–Trinajstić information content (AvgIpc) is 3.12. The Morgan fingerprint density at radius 2 is 1.88 bits per heavy atom. The third-order valence-corrected chi connectivity index (χ3v) is 10.2. The number of carbonyl (C=O) groups is 1. The molecule has 8 atom stereocenters. The lowest BCUT2D eigenvalue weighted by molar-refractivity contribution is -0.145. The first-order valence-electron chi connectivity index (χ1n) is 12.8. The number of anilines is 2. The molecule has 0 heterocycles. The summed E-state index contributed by atoms with van der Waals surface area (Å²) in [7, 11) is 0. The second-order valence-electron chi connectivity index (χ2n) is 11.8. The molecule has 0 amide bonds. The van der Waals surface area contributed by atoms with E-state index in [9.17, 15) is 4.79 Å². The van der Waals surface area contributed by atoms with Crippen molar-refractivity contribution in [1.82, 2.24) is 0 Å². The van der Waals surface area contributed by atoms with Crippen molar-refractivity contribution < 1.29 is 9.18 Å². The summed E-state index contributed by atoms with van der Waals surface area (Å²) in [5, 5.41) is 1.50. The van der Waals surface area contributed by atoms with E-state index in [1.54, 1.807) is 0 Å². The van der Waals surface area contributed by atoms with Crippen molar-refractivity contribution in [3.05, 3.63) is 24.3 Å². The van der Waals surface area contributed by atoms with Crippen LogP contribution >= 0.6 is 0 Å². The summed E-state index contributed by atoms with van der Waals surface area (Å²) >= 11 is 0. The van der Waals surface area contributed by atoms with Crippen molar-refractivity contribution in [2.24, 2.45) is 46.8 Å². The second kappa shape index (κ2) is 8.00. The topological polar surface area (TPSA) is 72.3 Å². The van der Waals surface area contributed by atoms with Gasteiger partial charge >= 0.3 is 0 Å². The summed E-state index contributed by atoms with van der Waals surface area (Å²) in [6.45, 7) is 4.80. The van der Waals surface area contributed by atoms with Crippen molar-refractivity contribution in [2.75, 3.05) is 17.3 Å². The van der Waals surface area contributed by atoms with E-state index in [1.807, 2.05) is 24.3 Å². The molecule has 0 bridgehead atoms. The number of hydrogen-bond acceptors (Lipinski definition) is 4. The molecule has 4 N–H and O–H groups in total. The van der Waals surface area contributed by atoms with E-state index in [-0.39, 0.29) is 35.5 Å². The Kier molecular flexibility index (Phi) is 5.55. The lowest BCUT2D eigenvalue weighted by Gasteiger charge is -2.58. The van der Waals surface area contributed by atoms with Gasteiger partial charge in [-0.05, 0) is 105 Å². The van der Waals surface area contributed by atoms with Crippen molar-refractivity contribution in [3.8, 4) is 0 Å². The molecule has 0 aliphatic heterocycles. The summed E-state index contributed by atoms with van der Waals surface area (Å²) in [5.41, 5.74) is 6.37. The molecule has 8 unspecified atom stereocenters. The largest absolute Gasteiger partial charge is 0.397 e. The fraction of sp³-hybridized carbons (Fsp3) is 0.741. The maximum absolute atomic E-state index is 16.5.